The molecule has 0 amide bonds. The molecule has 0 N–H and O–H groups in total. The molecule has 0 spiro atoms. The number of hydrogen-bond donors (Lipinski definition) is 0. The normalized spacial score (nSPS) is 11.6. The summed E-state index contributed by atoms with van der Waals surface area (Å²) in [6.45, 7) is 1.15. The van der Waals surface area contributed by atoms with Crippen molar-refractivity contribution in [3.05, 3.63) is 118 Å². The fourth-order valence-electron chi connectivity index (χ4n) is 4.85. The van der Waals surface area contributed by atoms with Gasteiger partial charge in [-0.2, -0.15) is 0 Å². The van der Waals surface area contributed by atoms with Crippen molar-refractivity contribution >= 4 is 17.6 Å². The Balaban J connectivity index is 1.81. The highest BCUT2D eigenvalue weighted by Crippen LogP contribution is 2.48. The highest BCUT2D eigenvalue weighted by molar-refractivity contribution is 6.33. The van der Waals surface area contributed by atoms with Gasteiger partial charge >= 0.3 is 5.97 Å². The first-order chi connectivity index (χ1) is 22.0. The van der Waals surface area contributed by atoms with Gasteiger partial charge in [-0.15, -0.1) is 0 Å². The summed E-state index contributed by atoms with van der Waals surface area (Å²) in [7, 11) is 6.27. The topological polar surface area (TPSA) is 81.7 Å². The molecule has 9 heteroatoms. The summed E-state index contributed by atoms with van der Waals surface area (Å²) in [4.78, 5) is 14.4. The van der Waals surface area contributed by atoms with Gasteiger partial charge in [-0.3, -0.25) is 4.79 Å². The lowest BCUT2D eigenvalue weighted by Gasteiger charge is -2.25. The molecule has 0 radical (unpaired) electrons. The van der Waals surface area contributed by atoms with Gasteiger partial charge in [0.25, 0.3) is 0 Å². The predicted molar refractivity (Wildman–Crippen MR) is 173 cm³/mol. The number of methoxy groups -OCH3 is 4. The van der Waals surface area contributed by atoms with Gasteiger partial charge in [0, 0.05) is 14.2 Å². The van der Waals surface area contributed by atoms with Gasteiger partial charge in [-0.1, -0.05) is 84.4 Å². The van der Waals surface area contributed by atoms with Gasteiger partial charge in [0.15, 0.2) is 17.6 Å². The van der Waals surface area contributed by atoms with Crippen LogP contribution in [0, 0.1) is 0 Å². The molecular weight excluding hydrogens is 596 g/mol. The summed E-state index contributed by atoms with van der Waals surface area (Å²) < 4.78 is 39.9. The molecule has 45 heavy (non-hydrogen) atoms. The van der Waals surface area contributed by atoms with E-state index in [1.165, 1.54) is 7.11 Å². The van der Waals surface area contributed by atoms with E-state index in [1.54, 1.807) is 27.4 Å². The number of halogens is 1. The molecule has 1 atom stereocenters. The number of carbonyl (C=O) groups excluding carboxylic acids is 1. The van der Waals surface area contributed by atoms with Crippen molar-refractivity contribution in [1.82, 2.24) is 0 Å². The van der Waals surface area contributed by atoms with E-state index in [0.717, 1.165) is 16.7 Å². The first kappa shape index (κ1) is 33.6. The number of esters is 1. The fraction of sp³-hybridized carbons (Fsp3) is 0.306. The van der Waals surface area contributed by atoms with E-state index in [0.29, 0.717) is 36.0 Å². The Morgan fingerprint density at radius 3 is 1.80 bits per heavy atom. The zero-order valence-electron chi connectivity index (χ0n) is 26.0. The Bertz CT molecular complexity index is 1440. The average Bonchev–Trinajstić information content (AvgIpc) is 3.08. The molecule has 8 nitrogen and oxygen atoms in total. The lowest BCUT2D eigenvalue weighted by molar-refractivity contribution is -0.149. The van der Waals surface area contributed by atoms with Gasteiger partial charge < -0.3 is 33.2 Å². The number of carbonyl (C=O) groups is 1. The fourth-order valence-corrected chi connectivity index (χ4v) is 5.20. The Hall–Kier alpha value is -4.24. The van der Waals surface area contributed by atoms with Crippen LogP contribution in [-0.2, 0) is 25.4 Å². The van der Waals surface area contributed by atoms with Crippen LogP contribution in [0.3, 0.4) is 0 Å². The largest absolute Gasteiger partial charge is 0.497 e. The minimum atomic E-state index is -0.840. The van der Waals surface area contributed by atoms with E-state index in [2.05, 4.69) is 0 Å². The second-order valence-electron chi connectivity index (χ2n) is 10.1. The maximum Gasteiger partial charge on any atom is 0.314 e. The zero-order valence-corrected chi connectivity index (χ0v) is 26.8. The Labute approximate surface area is 269 Å². The van der Waals surface area contributed by atoms with E-state index in [4.69, 9.17) is 44.8 Å². The molecule has 0 saturated carbocycles. The molecule has 0 aliphatic rings. The average molecular weight is 635 g/mol. The molecule has 238 valence electrons. The Morgan fingerprint density at radius 2 is 1.27 bits per heavy atom. The van der Waals surface area contributed by atoms with Crippen molar-refractivity contribution in [3.8, 4) is 23.0 Å². The lowest BCUT2D eigenvalue weighted by Crippen LogP contribution is -2.22. The van der Waals surface area contributed by atoms with Crippen LogP contribution >= 0.6 is 11.6 Å². The van der Waals surface area contributed by atoms with Crippen LogP contribution in [0.1, 0.15) is 34.3 Å². The Kier molecular flexibility index (Phi) is 12.9. The molecule has 4 aromatic rings. The number of rotatable bonds is 17. The van der Waals surface area contributed by atoms with Gasteiger partial charge in [0.05, 0.1) is 38.4 Å². The van der Waals surface area contributed by atoms with E-state index in [9.17, 15) is 4.79 Å². The molecule has 0 aliphatic heterocycles. The predicted octanol–water partition coefficient (Wildman–Crippen LogP) is 7.07. The SMILES string of the molecule is COCCOc1cc(C(Cc2ccc(OC)cc2)C(=O)OC(c2ccccc2)c2ccccc2)c(Cl)c(OC)c1OCCOC. The molecular formula is C36H39ClO8. The molecule has 0 aliphatic carbocycles. The third kappa shape index (κ3) is 8.91. The monoisotopic (exact) mass is 634 g/mol. The van der Waals surface area contributed by atoms with E-state index < -0.39 is 18.0 Å². The van der Waals surface area contributed by atoms with Crippen molar-refractivity contribution in [2.24, 2.45) is 0 Å². The second kappa shape index (κ2) is 17.3. The van der Waals surface area contributed by atoms with Crippen molar-refractivity contribution in [2.75, 3.05) is 54.9 Å². The minimum Gasteiger partial charge on any atom is -0.497 e. The maximum absolute atomic E-state index is 14.4. The van der Waals surface area contributed by atoms with Crippen LogP contribution < -0.4 is 18.9 Å². The number of ether oxygens (including phenoxy) is 7. The van der Waals surface area contributed by atoms with E-state index >= 15 is 0 Å². The molecule has 4 rings (SSSR count). The second-order valence-corrected chi connectivity index (χ2v) is 10.4. The molecule has 0 fully saturated rings. The van der Waals surface area contributed by atoms with Crippen molar-refractivity contribution < 1.29 is 38.0 Å². The summed E-state index contributed by atoms with van der Waals surface area (Å²) >= 11 is 7.04. The molecule has 1 unspecified atom stereocenters. The standard InChI is InChI=1S/C36H39ClO8/c1-39-19-21-43-31-24-29(32(37)35(42-4)34(31)44-22-20-40-2)30(23-25-15-17-28(41-3)18-16-25)36(38)45-33(26-11-7-5-8-12-26)27-13-9-6-10-14-27/h5-18,24,30,33H,19-23H2,1-4H3. The van der Waals surface area contributed by atoms with Gasteiger partial charge in [-0.25, -0.2) is 0 Å². The molecule has 4 aromatic carbocycles. The number of hydrogen-bond acceptors (Lipinski definition) is 8. The summed E-state index contributed by atoms with van der Waals surface area (Å²) in [5.74, 6) is 0.304. The van der Waals surface area contributed by atoms with Crippen molar-refractivity contribution in [2.45, 2.75) is 18.4 Å². The highest BCUT2D eigenvalue weighted by Gasteiger charge is 2.32. The van der Waals surface area contributed by atoms with Crippen molar-refractivity contribution in [1.29, 1.82) is 0 Å². The molecule has 0 heterocycles. The van der Waals surface area contributed by atoms with Crippen molar-refractivity contribution in [3.63, 3.8) is 0 Å². The smallest absolute Gasteiger partial charge is 0.314 e. The molecule has 0 bridgehead atoms. The van der Waals surface area contributed by atoms with Crippen LogP contribution in [0.4, 0.5) is 0 Å². The maximum atomic E-state index is 14.4. The summed E-state index contributed by atoms with van der Waals surface area (Å²) in [5.41, 5.74) is 3.04. The third-order valence-corrected chi connectivity index (χ3v) is 7.54. The first-order valence-electron chi connectivity index (χ1n) is 14.6. The van der Waals surface area contributed by atoms with Gasteiger partial charge in [0.2, 0.25) is 5.75 Å². The zero-order chi connectivity index (χ0) is 32.0. The highest BCUT2D eigenvalue weighted by atomic mass is 35.5. The lowest BCUT2D eigenvalue weighted by atomic mass is 9.90. The van der Waals surface area contributed by atoms with Gasteiger partial charge in [0.1, 0.15) is 19.0 Å². The first-order valence-corrected chi connectivity index (χ1v) is 15.0. The van der Waals surface area contributed by atoms with Crippen LogP contribution in [0.15, 0.2) is 91.0 Å². The Morgan fingerprint density at radius 1 is 0.689 bits per heavy atom. The minimum absolute atomic E-state index is 0.218. The summed E-state index contributed by atoms with van der Waals surface area (Å²) in [5, 5.41) is 0.218. The quantitative estimate of drug-likeness (QED) is 0.0902. The van der Waals surface area contributed by atoms with E-state index in [1.807, 2.05) is 84.9 Å². The van der Waals surface area contributed by atoms with E-state index in [-0.39, 0.29) is 30.4 Å². The molecule has 0 aromatic heterocycles. The summed E-state index contributed by atoms with van der Waals surface area (Å²) in [6.07, 6.45) is -0.364. The summed E-state index contributed by atoms with van der Waals surface area (Å²) in [6, 6.07) is 28.5. The molecule has 0 saturated heterocycles. The van der Waals surface area contributed by atoms with Crippen LogP contribution in [0.5, 0.6) is 23.0 Å². The van der Waals surface area contributed by atoms with Crippen LogP contribution in [0.2, 0.25) is 5.02 Å². The van der Waals surface area contributed by atoms with Crippen LogP contribution in [0.25, 0.3) is 0 Å². The van der Waals surface area contributed by atoms with Gasteiger partial charge in [-0.05, 0) is 46.9 Å². The van der Waals surface area contributed by atoms with Crippen LogP contribution in [-0.4, -0.2) is 60.8 Å². The number of benzene rings is 4. The third-order valence-electron chi connectivity index (χ3n) is 7.15.